The van der Waals surface area contributed by atoms with Crippen LogP contribution < -0.4 is 5.32 Å². The van der Waals surface area contributed by atoms with E-state index in [0.717, 1.165) is 22.0 Å². The number of aliphatic hydroxyl groups is 1. The standard InChI is InChI=1S/C15H14N2OS2/c18-9-11-4-1-2-5-13(11)16-8-12-10-20-15(17-12)14-6-3-7-19-14/h1-7,10,16,18H,8-9H2. The average Bonchev–Trinajstić information content (AvgIpc) is 3.16. The molecule has 0 aliphatic heterocycles. The summed E-state index contributed by atoms with van der Waals surface area (Å²) in [5.74, 6) is 0. The normalized spacial score (nSPS) is 10.7. The molecule has 2 heterocycles. The van der Waals surface area contributed by atoms with E-state index in [4.69, 9.17) is 0 Å². The zero-order valence-corrected chi connectivity index (χ0v) is 12.4. The van der Waals surface area contributed by atoms with E-state index in [1.165, 1.54) is 4.88 Å². The molecule has 102 valence electrons. The second-order valence-electron chi connectivity index (χ2n) is 4.29. The molecule has 0 saturated carbocycles. The van der Waals surface area contributed by atoms with Gasteiger partial charge in [-0.05, 0) is 17.5 Å². The van der Waals surface area contributed by atoms with Crippen LogP contribution in [-0.4, -0.2) is 10.1 Å². The molecule has 0 aliphatic carbocycles. The molecule has 1 aromatic carbocycles. The molecule has 0 aliphatic rings. The molecule has 3 rings (SSSR count). The van der Waals surface area contributed by atoms with Crippen LogP contribution in [-0.2, 0) is 13.2 Å². The molecule has 20 heavy (non-hydrogen) atoms. The predicted octanol–water partition coefficient (Wildman–Crippen LogP) is 3.98. The number of nitrogens with zero attached hydrogens (tertiary/aromatic N) is 1. The van der Waals surface area contributed by atoms with Gasteiger partial charge in [-0.3, -0.25) is 0 Å². The van der Waals surface area contributed by atoms with Gasteiger partial charge in [-0.25, -0.2) is 4.98 Å². The van der Waals surface area contributed by atoms with Crippen molar-refractivity contribution < 1.29 is 5.11 Å². The number of para-hydroxylation sites is 1. The largest absolute Gasteiger partial charge is 0.392 e. The fraction of sp³-hybridized carbons (Fsp3) is 0.133. The number of thiazole rings is 1. The smallest absolute Gasteiger partial charge is 0.133 e. The topological polar surface area (TPSA) is 45.1 Å². The number of hydrogen-bond acceptors (Lipinski definition) is 5. The van der Waals surface area contributed by atoms with E-state index in [-0.39, 0.29) is 6.61 Å². The molecule has 0 bridgehead atoms. The van der Waals surface area contributed by atoms with Crippen LogP contribution in [0.4, 0.5) is 5.69 Å². The average molecular weight is 302 g/mol. The molecule has 0 atom stereocenters. The van der Waals surface area contributed by atoms with Gasteiger partial charge >= 0.3 is 0 Å². The molecule has 0 amide bonds. The Bertz CT molecular complexity index is 677. The van der Waals surface area contributed by atoms with Crippen molar-refractivity contribution in [2.75, 3.05) is 5.32 Å². The van der Waals surface area contributed by atoms with E-state index in [1.54, 1.807) is 22.7 Å². The lowest BCUT2D eigenvalue weighted by molar-refractivity contribution is 0.282. The van der Waals surface area contributed by atoms with Crippen LogP contribution in [0, 0.1) is 0 Å². The SMILES string of the molecule is OCc1ccccc1NCc1csc(-c2cccs2)n1. The van der Waals surface area contributed by atoms with E-state index < -0.39 is 0 Å². The summed E-state index contributed by atoms with van der Waals surface area (Å²) < 4.78 is 0. The number of thiophene rings is 1. The summed E-state index contributed by atoms with van der Waals surface area (Å²) in [6.07, 6.45) is 0. The van der Waals surface area contributed by atoms with Crippen molar-refractivity contribution >= 4 is 28.4 Å². The van der Waals surface area contributed by atoms with Gasteiger partial charge in [0.05, 0.1) is 23.7 Å². The van der Waals surface area contributed by atoms with Gasteiger partial charge in [0.15, 0.2) is 0 Å². The van der Waals surface area contributed by atoms with Crippen molar-refractivity contribution in [1.82, 2.24) is 4.98 Å². The fourth-order valence-electron chi connectivity index (χ4n) is 1.92. The van der Waals surface area contributed by atoms with Crippen molar-refractivity contribution in [3.63, 3.8) is 0 Å². The van der Waals surface area contributed by atoms with Crippen LogP contribution in [0.1, 0.15) is 11.3 Å². The summed E-state index contributed by atoms with van der Waals surface area (Å²) in [7, 11) is 0. The lowest BCUT2D eigenvalue weighted by atomic mass is 10.2. The van der Waals surface area contributed by atoms with Crippen LogP contribution in [0.15, 0.2) is 47.2 Å². The maximum atomic E-state index is 9.29. The van der Waals surface area contributed by atoms with Gasteiger partial charge in [-0.15, -0.1) is 22.7 Å². The Morgan fingerprint density at radius 2 is 2.00 bits per heavy atom. The van der Waals surface area contributed by atoms with Gasteiger partial charge in [0.25, 0.3) is 0 Å². The summed E-state index contributed by atoms with van der Waals surface area (Å²) in [5, 5.41) is 17.8. The van der Waals surface area contributed by atoms with Crippen LogP contribution in [0.3, 0.4) is 0 Å². The first-order chi connectivity index (χ1) is 9.86. The Labute approximate surface area is 125 Å². The molecular formula is C15H14N2OS2. The van der Waals surface area contributed by atoms with Crippen molar-refractivity contribution in [3.05, 3.63) is 58.4 Å². The fourth-order valence-corrected chi connectivity index (χ4v) is 3.55. The highest BCUT2D eigenvalue weighted by Gasteiger charge is 2.06. The first-order valence-electron chi connectivity index (χ1n) is 6.28. The van der Waals surface area contributed by atoms with E-state index >= 15 is 0 Å². The zero-order chi connectivity index (χ0) is 13.8. The minimum atomic E-state index is 0.0423. The third kappa shape index (κ3) is 2.90. The second-order valence-corrected chi connectivity index (χ2v) is 6.10. The Hall–Kier alpha value is -1.69. The van der Waals surface area contributed by atoms with Gasteiger partial charge in [-0.2, -0.15) is 0 Å². The Balaban J connectivity index is 1.70. The highest BCUT2D eigenvalue weighted by atomic mass is 32.1. The maximum absolute atomic E-state index is 9.29. The van der Waals surface area contributed by atoms with Crippen LogP contribution in [0.2, 0.25) is 0 Å². The molecule has 2 N–H and O–H groups in total. The van der Waals surface area contributed by atoms with Crippen molar-refractivity contribution in [3.8, 4) is 9.88 Å². The molecule has 0 fully saturated rings. The van der Waals surface area contributed by atoms with Gasteiger partial charge < -0.3 is 10.4 Å². The first-order valence-corrected chi connectivity index (χ1v) is 8.03. The summed E-state index contributed by atoms with van der Waals surface area (Å²) in [6.45, 7) is 0.708. The second kappa shape index (κ2) is 6.17. The monoisotopic (exact) mass is 302 g/mol. The van der Waals surface area contributed by atoms with Crippen molar-refractivity contribution in [2.24, 2.45) is 0 Å². The minimum Gasteiger partial charge on any atom is -0.392 e. The summed E-state index contributed by atoms with van der Waals surface area (Å²) in [4.78, 5) is 5.83. The van der Waals surface area contributed by atoms with Crippen LogP contribution in [0.25, 0.3) is 9.88 Å². The summed E-state index contributed by atoms with van der Waals surface area (Å²) in [5.41, 5.74) is 2.88. The number of nitrogens with one attached hydrogen (secondary N) is 1. The minimum absolute atomic E-state index is 0.0423. The number of aliphatic hydroxyl groups excluding tert-OH is 1. The van der Waals surface area contributed by atoms with E-state index in [0.29, 0.717) is 6.54 Å². The van der Waals surface area contributed by atoms with Crippen molar-refractivity contribution in [1.29, 1.82) is 0 Å². The molecule has 0 saturated heterocycles. The maximum Gasteiger partial charge on any atom is 0.133 e. The zero-order valence-electron chi connectivity index (χ0n) is 10.7. The number of hydrogen-bond donors (Lipinski definition) is 2. The van der Waals surface area contributed by atoms with Gasteiger partial charge in [-0.1, -0.05) is 24.3 Å². The van der Waals surface area contributed by atoms with Gasteiger partial charge in [0.2, 0.25) is 0 Å². The first kappa shape index (κ1) is 13.3. The molecule has 0 unspecified atom stereocenters. The summed E-state index contributed by atoms with van der Waals surface area (Å²) >= 11 is 3.37. The lowest BCUT2D eigenvalue weighted by Crippen LogP contribution is -2.02. The highest BCUT2D eigenvalue weighted by molar-refractivity contribution is 7.20. The molecule has 0 spiro atoms. The van der Waals surface area contributed by atoms with Gasteiger partial charge in [0.1, 0.15) is 5.01 Å². The summed E-state index contributed by atoms with van der Waals surface area (Å²) in [6, 6.07) is 11.9. The number of rotatable bonds is 5. The third-order valence-corrected chi connectivity index (χ3v) is 4.86. The Morgan fingerprint density at radius 1 is 1.10 bits per heavy atom. The van der Waals surface area contributed by atoms with Gasteiger partial charge in [0, 0.05) is 16.6 Å². The molecule has 5 heteroatoms. The number of anilines is 1. The van der Waals surface area contributed by atoms with E-state index in [9.17, 15) is 5.11 Å². The van der Waals surface area contributed by atoms with Crippen LogP contribution in [0.5, 0.6) is 0 Å². The quantitative estimate of drug-likeness (QED) is 0.749. The van der Waals surface area contributed by atoms with E-state index in [1.807, 2.05) is 30.3 Å². The predicted molar refractivity (Wildman–Crippen MR) is 85.1 cm³/mol. The number of benzene rings is 1. The lowest BCUT2D eigenvalue weighted by Gasteiger charge is -2.08. The Kier molecular flexibility index (Phi) is 4.11. The molecular weight excluding hydrogens is 288 g/mol. The molecule has 2 aromatic heterocycles. The number of aromatic nitrogens is 1. The van der Waals surface area contributed by atoms with Crippen LogP contribution >= 0.6 is 22.7 Å². The third-order valence-electron chi connectivity index (χ3n) is 2.93. The Morgan fingerprint density at radius 3 is 2.80 bits per heavy atom. The van der Waals surface area contributed by atoms with E-state index in [2.05, 4.69) is 27.1 Å². The highest BCUT2D eigenvalue weighted by Crippen LogP contribution is 2.28. The molecule has 3 nitrogen and oxygen atoms in total. The van der Waals surface area contributed by atoms with Crippen molar-refractivity contribution in [2.45, 2.75) is 13.2 Å². The molecule has 3 aromatic rings. The molecule has 0 radical (unpaired) electrons.